The molecule has 1 saturated heterocycles. The first-order chi connectivity index (χ1) is 11.9. The predicted molar refractivity (Wildman–Crippen MR) is 94.4 cm³/mol. The molecular formula is C16H23ClF2N6O. The van der Waals surface area contributed by atoms with Crippen molar-refractivity contribution < 1.29 is 13.6 Å². The second-order valence-corrected chi connectivity index (χ2v) is 6.25. The number of hydrogen-bond acceptors (Lipinski definition) is 4. The van der Waals surface area contributed by atoms with Crippen LogP contribution in [0.2, 0.25) is 0 Å². The molecule has 1 fully saturated rings. The van der Waals surface area contributed by atoms with Crippen LogP contribution in [0.15, 0.2) is 12.4 Å². The molecule has 26 heavy (non-hydrogen) atoms. The molecule has 0 aromatic carbocycles. The van der Waals surface area contributed by atoms with Gasteiger partial charge in [-0.2, -0.15) is 13.9 Å². The Morgan fingerprint density at radius 1 is 1.42 bits per heavy atom. The largest absolute Gasteiger partial charge is 0.336 e. The molecule has 144 valence electrons. The topological polar surface area (TPSA) is 68.0 Å². The number of aromatic nitrogens is 4. The molecule has 1 amide bonds. The van der Waals surface area contributed by atoms with Crippen molar-refractivity contribution in [2.24, 2.45) is 7.05 Å². The first-order valence-corrected chi connectivity index (χ1v) is 8.20. The fraction of sp³-hybridized carbons (Fsp3) is 0.562. The van der Waals surface area contributed by atoms with Gasteiger partial charge in [0, 0.05) is 50.3 Å². The van der Waals surface area contributed by atoms with Gasteiger partial charge >= 0.3 is 6.55 Å². The van der Waals surface area contributed by atoms with E-state index in [1.165, 1.54) is 0 Å². The number of alkyl halides is 2. The minimum Gasteiger partial charge on any atom is -0.336 e. The molecule has 7 nitrogen and oxygen atoms in total. The van der Waals surface area contributed by atoms with E-state index in [4.69, 9.17) is 0 Å². The van der Waals surface area contributed by atoms with Crippen LogP contribution in [0.1, 0.15) is 35.4 Å². The van der Waals surface area contributed by atoms with Crippen LogP contribution in [-0.4, -0.2) is 49.8 Å². The average molecular weight is 389 g/mol. The number of hydrogen-bond donors (Lipinski definition) is 1. The molecule has 3 rings (SSSR count). The summed E-state index contributed by atoms with van der Waals surface area (Å²) in [7, 11) is 1.89. The van der Waals surface area contributed by atoms with E-state index in [1.54, 1.807) is 24.9 Å². The molecule has 0 spiro atoms. The molecule has 10 heteroatoms. The van der Waals surface area contributed by atoms with Crippen molar-refractivity contribution in [2.75, 3.05) is 19.6 Å². The SMILES string of the molecule is Cc1nn(C(F)F)c(C)c1CC(=O)N1CCNCC1c1nccn1C.Cl. The Bertz CT molecular complexity index is 775. The minimum atomic E-state index is -2.71. The number of piperazine rings is 1. The van der Waals surface area contributed by atoms with E-state index < -0.39 is 6.55 Å². The van der Waals surface area contributed by atoms with Gasteiger partial charge in [-0.3, -0.25) is 4.79 Å². The summed E-state index contributed by atoms with van der Waals surface area (Å²) >= 11 is 0. The lowest BCUT2D eigenvalue weighted by atomic mass is 10.1. The molecule has 0 radical (unpaired) electrons. The first-order valence-electron chi connectivity index (χ1n) is 8.20. The number of amides is 1. The monoisotopic (exact) mass is 388 g/mol. The van der Waals surface area contributed by atoms with Crippen LogP contribution in [-0.2, 0) is 18.3 Å². The highest BCUT2D eigenvalue weighted by molar-refractivity contribution is 5.85. The van der Waals surface area contributed by atoms with Crippen LogP contribution in [0.5, 0.6) is 0 Å². The number of halogens is 3. The van der Waals surface area contributed by atoms with Gasteiger partial charge in [-0.25, -0.2) is 9.67 Å². The third kappa shape index (κ3) is 3.73. The number of rotatable bonds is 4. The fourth-order valence-corrected chi connectivity index (χ4v) is 3.33. The quantitative estimate of drug-likeness (QED) is 0.866. The summed E-state index contributed by atoms with van der Waals surface area (Å²) in [6, 6.07) is -0.174. The maximum absolute atomic E-state index is 13.0. The van der Waals surface area contributed by atoms with Gasteiger partial charge in [0.1, 0.15) is 11.9 Å². The number of carbonyl (C=O) groups excluding carboxylic acids is 1. The van der Waals surface area contributed by atoms with Crippen molar-refractivity contribution in [1.29, 1.82) is 0 Å². The van der Waals surface area contributed by atoms with E-state index in [0.717, 1.165) is 5.82 Å². The van der Waals surface area contributed by atoms with Gasteiger partial charge in [0.25, 0.3) is 0 Å². The normalized spacial score (nSPS) is 17.5. The van der Waals surface area contributed by atoms with Gasteiger partial charge in [-0.15, -0.1) is 12.4 Å². The van der Waals surface area contributed by atoms with Gasteiger partial charge in [0.15, 0.2) is 0 Å². The van der Waals surface area contributed by atoms with Crippen LogP contribution in [0.3, 0.4) is 0 Å². The second-order valence-electron chi connectivity index (χ2n) is 6.25. The molecule has 1 atom stereocenters. The van der Waals surface area contributed by atoms with Crippen molar-refractivity contribution in [3.05, 3.63) is 35.2 Å². The smallest absolute Gasteiger partial charge is 0.333 e. The van der Waals surface area contributed by atoms with E-state index in [2.05, 4.69) is 15.4 Å². The minimum absolute atomic E-state index is 0. The molecule has 0 bridgehead atoms. The van der Waals surface area contributed by atoms with Crippen LogP contribution >= 0.6 is 12.4 Å². The summed E-state index contributed by atoms with van der Waals surface area (Å²) in [6.45, 7) is 2.39. The number of nitrogens with zero attached hydrogens (tertiary/aromatic N) is 5. The highest BCUT2D eigenvalue weighted by Crippen LogP contribution is 2.24. The molecule has 0 saturated carbocycles. The second kappa shape index (κ2) is 8.13. The van der Waals surface area contributed by atoms with Gasteiger partial charge in [-0.05, 0) is 13.8 Å². The third-order valence-electron chi connectivity index (χ3n) is 4.71. The summed E-state index contributed by atoms with van der Waals surface area (Å²) < 4.78 is 28.5. The Balaban J connectivity index is 0.00000243. The maximum atomic E-state index is 13.0. The molecule has 2 aromatic heterocycles. The number of carbonyl (C=O) groups is 1. The summed E-state index contributed by atoms with van der Waals surface area (Å²) in [5.74, 6) is 0.701. The third-order valence-corrected chi connectivity index (χ3v) is 4.71. The highest BCUT2D eigenvalue weighted by Gasteiger charge is 2.31. The van der Waals surface area contributed by atoms with Gasteiger partial charge in [-0.1, -0.05) is 0 Å². The van der Waals surface area contributed by atoms with Crippen LogP contribution < -0.4 is 5.32 Å². The van der Waals surface area contributed by atoms with Crippen LogP contribution in [0, 0.1) is 13.8 Å². The molecule has 3 heterocycles. The zero-order valence-electron chi connectivity index (χ0n) is 14.9. The van der Waals surface area contributed by atoms with Crippen molar-refractivity contribution in [3.8, 4) is 0 Å². The van der Waals surface area contributed by atoms with Crippen LogP contribution in [0.4, 0.5) is 8.78 Å². The summed E-state index contributed by atoms with van der Waals surface area (Å²) in [5.41, 5.74) is 1.38. The van der Waals surface area contributed by atoms with E-state index >= 15 is 0 Å². The lowest BCUT2D eigenvalue weighted by Crippen LogP contribution is -2.50. The van der Waals surface area contributed by atoms with Crippen LogP contribution in [0.25, 0.3) is 0 Å². The average Bonchev–Trinajstić information content (AvgIpc) is 3.13. The Hall–Kier alpha value is -2.00. The Kier molecular flexibility index (Phi) is 6.35. The van der Waals surface area contributed by atoms with Crippen molar-refractivity contribution in [2.45, 2.75) is 32.9 Å². The zero-order valence-corrected chi connectivity index (χ0v) is 15.8. The number of nitrogens with one attached hydrogen (secondary N) is 1. The molecule has 1 aliphatic rings. The van der Waals surface area contributed by atoms with E-state index in [-0.39, 0.29) is 30.8 Å². The van der Waals surface area contributed by atoms with Crippen molar-refractivity contribution >= 4 is 18.3 Å². The Labute approximate surface area is 156 Å². The van der Waals surface area contributed by atoms with Gasteiger partial charge < -0.3 is 14.8 Å². The van der Waals surface area contributed by atoms with E-state index in [9.17, 15) is 13.6 Å². The summed E-state index contributed by atoms with van der Waals surface area (Å²) in [6.07, 6.45) is 3.60. The lowest BCUT2D eigenvalue weighted by Gasteiger charge is -2.36. The first kappa shape index (κ1) is 20.3. The lowest BCUT2D eigenvalue weighted by molar-refractivity contribution is -0.134. The maximum Gasteiger partial charge on any atom is 0.333 e. The fourth-order valence-electron chi connectivity index (χ4n) is 3.33. The van der Waals surface area contributed by atoms with Gasteiger partial charge in [0.2, 0.25) is 5.91 Å². The summed E-state index contributed by atoms with van der Waals surface area (Å²) in [5, 5.41) is 7.14. The van der Waals surface area contributed by atoms with Gasteiger partial charge in [0.05, 0.1) is 12.1 Å². The molecule has 1 unspecified atom stereocenters. The molecule has 1 N–H and O–H groups in total. The molecule has 1 aliphatic heterocycles. The molecule has 2 aromatic rings. The van der Waals surface area contributed by atoms with E-state index in [0.29, 0.717) is 41.3 Å². The zero-order chi connectivity index (χ0) is 18.1. The van der Waals surface area contributed by atoms with Crippen molar-refractivity contribution in [3.63, 3.8) is 0 Å². The summed E-state index contributed by atoms with van der Waals surface area (Å²) in [4.78, 5) is 19.0. The number of aryl methyl sites for hydroxylation is 2. The standard InChI is InChI=1S/C16H22F2N6O.ClH/c1-10-12(11(2)24(21-10)16(17)18)8-14(25)23-7-4-19-9-13(23)15-20-5-6-22(15)3;/h5-6,13,16,19H,4,7-9H2,1-3H3;1H. The van der Waals surface area contributed by atoms with Crippen molar-refractivity contribution in [1.82, 2.24) is 29.5 Å². The Morgan fingerprint density at radius 2 is 2.15 bits per heavy atom. The highest BCUT2D eigenvalue weighted by atomic mass is 35.5. The molecular weight excluding hydrogens is 366 g/mol. The molecule has 0 aliphatic carbocycles. The number of imidazole rings is 1. The van der Waals surface area contributed by atoms with E-state index in [1.807, 2.05) is 17.8 Å². The Morgan fingerprint density at radius 3 is 2.73 bits per heavy atom. The predicted octanol–water partition coefficient (Wildman–Crippen LogP) is 1.77.